The molecule has 114 valence electrons. The van der Waals surface area contributed by atoms with E-state index in [0.29, 0.717) is 11.0 Å². The fourth-order valence-corrected chi connectivity index (χ4v) is 2.67. The van der Waals surface area contributed by atoms with Crippen LogP contribution in [0, 0.1) is 0 Å². The second kappa shape index (κ2) is 5.95. The number of amides is 1. The van der Waals surface area contributed by atoms with E-state index in [1.165, 1.54) is 0 Å². The van der Waals surface area contributed by atoms with Gasteiger partial charge in [0.1, 0.15) is 0 Å². The first-order chi connectivity index (χ1) is 9.32. The van der Waals surface area contributed by atoms with Crippen molar-refractivity contribution in [3.63, 3.8) is 0 Å². The highest BCUT2D eigenvalue weighted by molar-refractivity contribution is 7.80. The Labute approximate surface area is 126 Å². The second-order valence-electron chi connectivity index (χ2n) is 6.41. The lowest BCUT2D eigenvalue weighted by Gasteiger charge is -2.44. The van der Waals surface area contributed by atoms with Crippen molar-refractivity contribution >= 4 is 23.1 Å². The van der Waals surface area contributed by atoms with Crippen molar-refractivity contribution in [3.05, 3.63) is 0 Å². The first-order valence-corrected chi connectivity index (χ1v) is 7.82. The fraction of sp³-hybridized carbons (Fsp3) is 0.857. The van der Waals surface area contributed by atoms with E-state index in [9.17, 15) is 4.79 Å². The summed E-state index contributed by atoms with van der Waals surface area (Å²) < 4.78 is 0. The molecule has 0 bridgehead atoms. The van der Waals surface area contributed by atoms with Crippen molar-refractivity contribution in [2.45, 2.75) is 51.2 Å². The van der Waals surface area contributed by atoms with Gasteiger partial charge in [-0.1, -0.05) is 12.2 Å². The average Bonchev–Trinajstić information content (AvgIpc) is 3.21. The summed E-state index contributed by atoms with van der Waals surface area (Å²) in [5, 5.41) is 3.08. The van der Waals surface area contributed by atoms with Gasteiger partial charge in [0.2, 0.25) is 5.91 Å². The van der Waals surface area contributed by atoms with E-state index >= 15 is 0 Å². The normalized spacial score (nSPS) is 23.4. The predicted octanol–water partition coefficient (Wildman–Crippen LogP) is 0.336. The molecule has 6 heteroatoms. The molecule has 0 aromatic heterocycles. The molecule has 1 saturated heterocycles. The molecule has 1 aliphatic carbocycles. The number of rotatable bonds is 5. The number of thiocarbonyl (C=S) groups is 1. The molecule has 20 heavy (non-hydrogen) atoms. The minimum Gasteiger partial charge on any atom is -0.392 e. The van der Waals surface area contributed by atoms with Crippen LogP contribution in [-0.2, 0) is 4.79 Å². The van der Waals surface area contributed by atoms with E-state index in [-0.39, 0.29) is 17.5 Å². The topological polar surface area (TPSA) is 61.6 Å². The van der Waals surface area contributed by atoms with Crippen LogP contribution in [0.1, 0.15) is 33.6 Å². The molecule has 3 N–H and O–H groups in total. The Morgan fingerprint density at radius 2 is 1.85 bits per heavy atom. The highest BCUT2D eigenvalue weighted by Crippen LogP contribution is 2.20. The molecule has 2 fully saturated rings. The average molecular weight is 298 g/mol. The van der Waals surface area contributed by atoms with Crippen LogP contribution in [0.4, 0.5) is 0 Å². The summed E-state index contributed by atoms with van der Waals surface area (Å²) in [5.74, 6) is 0.162. The summed E-state index contributed by atoms with van der Waals surface area (Å²) >= 11 is 5.15. The standard InChI is InChI=1S/C14H26N4OS/c1-10(12(19)16-11-4-5-11)17-6-8-18(9-7-17)14(2,3)13(15)20/h10-11H,4-9H2,1-3H3,(H2,15,20)(H,16,19). The lowest BCUT2D eigenvalue weighted by Crippen LogP contribution is -2.61. The summed E-state index contributed by atoms with van der Waals surface area (Å²) in [6.07, 6.45) is 2.27. The number of hydrogen-bond acceptors (Lipinski definition) is 4. The lowest BCUT2D eigenvalue weighted by molar-refractivity contribution is -0.126. The molecule has 5 nitrogen and oxygen atoms in total. The molecule has 1 saturated carbocycles. The number of piperazine rings is 1. The van der Waals surface area contributed by atoms with E-state index in [0.717, 1.165) is 39.0 Å². The van der Waals surface area contributed by atoms with Gasteiger partial charge < -0.3 is 11.1 Å². The van der Waals surface area contributed by atoms with Crippen molar-refractivity contribution in [3.8, 4) is 0 Å². The zero-order valence-corrected chi connectivity index (χ0v) is 13.5. The highest BCUT2D eigenvalue weighted by atomic mass is 32.1. The van der Waals surface area contributed by atoms with Crippen molar-refractivity contribution in [2.24, 2.45) is 5.73 Å². The predicted molar refractivity (Wildman–Crippen MR) is 84.6 cm³/mol. The van der Waals surface area contributed by atoms with Gasteiger partial charge in [0, 0.05) is 32.2 Å². The molecule has 0 aromatic carbocycles. The third-order valence-corrected chi connectivity index (χ3v) is 5.06. The smallest absolute Gasteiger partial charge is 0.237 e. The second-order valence-corrected chi connectivity index (χ2v) is 6.84. The first-order valence-electron chi connectivity index (χ1n) is 7.41. The Kier molecular flexibility index (Phi) is 4.66. The molecule has 1 heterocycles. The number of nitrogens with two attached hydrogens (primary N) is 1. The van der Waals surface area contributed by atoms with Crippen LogP contribution in [0.25, 0.3) is 0 Å². The Balaban J connectivity index is 1.84. The monoisotopic (exact) mass is 298 g/mol. The first kappa shape index (κ1) is 15.7. The molecule has 1 unspecified atom stereocenters. The van der Waals surface area contributed by atoms with Crippen molar-refractivity contribution < 1.29 is 4.79 Å². The maximum absolute atomic E-state index is 12.1. The molecule has 0 aromatic rings. The van der Waals surface area contributed by atoms with Crippen LogP contribution in [0.5, 0.6) is 0 Å². The van der Waals surface area contributed by atoms with E-state index in [1.807, 2.05) is 6.92 Å². The van der Waals surface area contributed by atoms with Gasteiger partial charge in [0.05, 0.1) is 16.6 Å². The van der Waals surface area contributed by atoms with Gasteiger partial charge in [-0.25, -0.2) is 0 Å². The zero-order chi connectivity index (χ0) is 14.9. The summed E-state index contributed by atoms with van der Waals surface area (Å²) in [7, 11) is 0. The SMILES string of the molecule is CC(C(=O)NC1CC1)N1CCN(C(C)(C)C(N)=S)CC1. The molecule has 2 rings (SSSR count). The fourth-order valence-electron chi connectivity index (χ4n) is 2.54. The Morgan fingerprint density at radius 1 is 1.30 bits per heavy atom. The van der Waals surface area contributed by atoms with E-state index in [1.54, 1.807) is 0 Å². The molecular weight excluding hydrogens is 272 g/mol. The van der Waals surface area contributed by atoms with Gasteiger partial charge in [-0.2, -0.15) is 0 Å². The number of carbonyl (C=O) groups is 1. The van der Waals surface area contributed by atoms with Crippen molar-refractivity contribution in [1.29, 1.82) is 0 Å². The van der Waals surface area contributed by atoms with Gasteiger partial charge in [0.25, 0.3) is 0 Å². The number of hydrogen-bond donors (Lipinski definition) is 2. The quantitative estimate of drug-likeness (QED) is 0.717. The minimum atomic E-state index is -0.249. The van der Waals surface area contributed by atoms with Gasteiger partial charge in [0.15, 0.2) is 0 Å². The third-order valence-electron chi connectivity index (χ3n) is 4.56. The van der Waals surface area contributed by atoms with Gasteiger partial charge in [-0.3, -0.25) is 14.6 Å². The molecule has 0 radical (unpaired) electrons. The molecule has 1 amide bonds. The number of carbonyl (C=O) groups excluding carboxylic acids is 1. The molecule has 2 aliphatic rings. The van der Waals surface area contributed by atoms with Crippen LogP contribution >= 0.6 is 12.2 Å². The number of nitrogens with one attached hydrogen (secondary N) is 1. The van der Waals surface area contributed by atoms with Gasteiger partial charge in [-0.05, 0) is 33.6 Å². The minimum absolute atomic E-state index is 0.0503. The Bertz CT molecular complexity index is 387. The van der Waals surface area contributed by atoms with Crippen LogP contribution in [-0.4, -0.2) is 64.5 Å². The van der Waals surface area contributed by atoms with Crippen LogP contribution in [0.3, 0.4) is 0 Å². The third kappa shape index (κ3) is 3.48. The molecule has 0 spiro atoms. The molecule has 1 atom stereocenters. The van der Waals surface area contributed by atoms with Gasteiger partial charge >= 0.3 is 0 Å². The van der Waals surface area contributed by atoms with E-state index in [4.69, 9.17) is 18.0 Å². The molecular formula is C14H26N4OS. The Morgan fingerprint density at radius 3 is 2.30 bits per heavy atom. The van der Waals surface area contributed by atoms with Crippen LogP contribution in [0.15, 0.2) is 0 Å². The lowest BCUT2D eigenvalue weighted by atomic mass is 10.0. The summed E-state index contributed by atoms with van der Waals surface area (Å²) in [6, 6.07) is 0.380. The maximum Gasteiger partial charge on any atom is 0.237 e. The van der Waals surface area contributed by atoms with E-state index in [2.05, 4.69) is 29.0 Å². The summed E-state index contributed by atoms with van der Waals surface area (Å²) in [6.45, 7) is 9.67. The largest absolute Gasteiger partial charge is 0.392 e. The van der Waals surface area contributed by atoms with Crippen LogP contribution < -0.4 is 11.1 Å². The Hall–Kier alpha value is -0.720. The van der Waals surface area contributed by atoms with Crippen molar-refractivity contribution in [1.82, 2.24) is 15.1 Å². The molecule has 1 aliphatic heterocycles. The van der Waals surface area contributed by atoms with Gasteiger partial charge in [-0.15, -0.1) is 0 Å². The zero-order valence-electron chi connectivity index (χ0n) is 12.7. The van der Waals surface area contributed by atoms with E-state index < -0.39 is 0 Å². The van der Waals surface area contributed by atoms with Crippen molar-refractivity contribution in [2.75, 3.05) is 26.2 Å². The summed E-state index contributed by atoms with van der Waals surface area (Å²) in [5.41, 5.74) is 5.57. The van der Waals surface area contributed by atoms with Crippen LogP contribution in [0.2, 0.25) is 0 Å². The maximum atomic E-state index is 12.1. The number of nitrogens with zero attached hydrogens (tertiary/aromatic N) is 2. The highest BCUT2D eigenvalue weighted by Gasteiger charge is 2.35. The summed E-state index contributed by atoms with van der Waals surface area (Å²) in [4.78, 5) is 17.1.